The molecule has 6 nitrogen and oxygen atoms in total. The molecule has 0 saturated carbocycles. The number of aromatic nitrogens is 4. The second-order valence-corrected chi connectivity index (χ2v) is 4.76. The molecular weight excluding hydrogens is 240 g/mol. The van der Waals surface area contributed by atoms with Crippen molar-refractivity contribution < 1.29 is 0 Å². The van der Waals surface area contributed by atoms with E-state index >= 15 is 0 Å². The van der Waals surface area contributed by atoms with E-state index in [0.717, 1.165) is 55.6 Å². The molecule has 19 heavy (non-hydrogen) atoms. The number of aryl methyl sites for hydroxylation is 1. The van der Waals surface area contributed by atoms with Crippen LogP contribution in [0.15, 0.2) is 18.3 Å². The molecular formula is C13H18N6. The van der Waals surface area contributed by atoms with Gasteiger partial charge in [0.1, 0.15) is 0 Å². The lowest BCUT2D eigenvalue weighted by atomic mass is 10.2. The Morgan fingerprint density at radius 1 is 1.21 bits per heavy atom. The van der Waals surface area contributed by atoms with Crippen molar-refractivity contribution >= 4 is 5.95 Å². The lowest BCUT2D eigenvalue weighted by Crippen LogP contribution is -2.28. The molecule has 0 amide bonds. The van der Waals surface area contributed by atoms with Crippen LogP contribution in [-0.4, -0.2) is 46.3 Å². The van der Waals surface area contributed by atoms with Crippen LogP contribution < -0.4 is 10.2 Å². The third kappa shape index (κ3) is 2.73. The first kappa shape index (κ1) is 12.1. The van der Waals surface area contributed by atoms with Gasteiger partial charge in [0.2, 0.25) is 5.95 Å². The number of hydrogen-bond acceptors (Lipinski definition) is 5. The van der Waals surface area contributed by atoms with Gasteiger partial charge in [0, 0.05) is 37.1 Å². The average Bonchev–Trinajstić information content (AvgIpc) is 2.76. The predicted octanol–water partition coefficient (Wildman–Crippen LogP) is 0.975. The van der Waals surface area contributed by atoms with Gasteiger partial charge in [-0.2, -0.15) is 4.98 Å². The summed E-state index contributed by atoms with van der Waals surface area (Å²) < 4.78 is 0. The van der Waals surface area contributed by atoms with Crippen LogP contribution in [0, 0.1) is 6.92 Å². The number of rotatable bonds is 2. The standard InChI is InChI=1S/C13H18N6/c1-10-3-4-11(9-15-10)12-16-13(18-17-12)19-7-2-5-14-6-8-19/h3-4,9,14H,2,5-8H2,1H3,(H,16,17,18). The highest BCUT2D eigenvalue weighted by Gasteiger charge is 2.14. The Morgan fingerprint density at radius 3 is 3.00 bits per heavy atom. The Hall–Kier alpha value is -1.95. The van der Waals surface area contributed by atoms with Crippen molar-refractivity contribution in [3.8, 4) is 11.4 Å². The van der Waals surface area contributed by atoms with E-state index in [9.17, 15) is 0 Å². The van der Waals surface area contributed by atoms with Gasteiger partial charge in [-0.05, 0) is 32.0 Å². The van der Waals surface area contributed by atoms with Gasteiger partial charge >= 0.3 is 0 Å². The number of H-pyrrole nitrogens is 1. The molecule has 1 aliphatic heterocycles. The number of aromatic amines is 1. The minimum absolute atomic E-state index is 0.777. The van der Waals surface area contributed by atoms with Crippen molar-refractivity contribution in [2.24, 2.45) is 0 Å². The molecule has 100 valence electrons. The quantitative estimate of drug-likeness (QED) is 0.840. The van der Waals surface area contributed by atoms with E-state index < -0.39 is 0 Å². The summed E-state index contributed by atoms with van der Waals surface area (Å²) in [5.41, 5.74) is 1.97. The summed E-state index contributed by atoms with van der Waals surface area (Å²) in [5, 5.41) is 10.7. The number of anilines is 1. The highest BCUT2D eigenvalue weighted by atomic mass is 15.4. The van der Waals surface area contributed by atoms with E-state index in [1.807, 2.05) is 25.3 Å². The van der Waals surface area contributed by atoms with Crippen molar-refractivity contribution in [1.29, 1.82) is 0 Å². The first-order valence-electron chi connectivity index (χ1n) is 6.64. The van der Waals surface area contributed by atoms with E-state index in [1.165, 1.54) is 0 Å². The van der Waals surface area contributed by atoms with Crippen LogP contribution in [0.2, 0.25) is 0 Å². The summed E-state index contributed by atoms with van der Waals surface area (Å²) >= 11 is 0. The summed E-state index contributed by atoms with van der Waals surface area (Å²) in [7, 11) is 0. The summed E-state index contributed by atoms with van der Waals surface area (Å²) in [6, 6.07) is 3.99. The minimum Gasteiger partial charge on any atom is -0.338 e. The first-order chi connectivity index (χ1) is 9.33. The van der Waals surface area contributed by atoms with Gasteiger partial charge in [-0.3, -0.25) is 10.1 Å². The molecule has 1 aliphatic rings. The van der Waals surface area contributed by atoms with E-state index in [2.05, 4.69) is 30.4 Å². The lowest BCUT2D eigenvalue weighted by Gasteiger charge is -2.16. The van der Waals surface area contributed by atoms with Crippen LogP contribution in [0.3, 0.4) is 0 Å². The molecule has 0 unspecified atom stereocenters. The molecule has 2 aromatic heterocycles. The maximum atomic E-state index is 4.57. The first-order valence-corrected chi connectivity index (χ1v) is 6.64. The molecule has 1 saturated heterocycles. The predicted molar refractivity (Wildman–Crippen MR) is 74.1 cm³/mol. The number of pyridine rings is 1. The molecule has 0 bridgehead atoms. The highest BCUT2D eigenvalue weighted by molar-refractivity contribution is 5.55. The molecule has 3 heterocycles. The molecule has 0 aliphatic carbocycles. The smallest absolute Gasteiger partial charge is 0.245 e. The Balaban J connectivity index is 1.80. The second-order valence-electron chi connectivity index (χ2n) is 4.76. The van der Waals surface area contributed by atoms with Crippen molar-refractivity contribution in [2.75, 3.05) is 31.1 Å². The topological polar surface area (TPSA) is 69.7 Å². The SMILES string of the molecule is Cc1ccc(-c2nc(N3CCCNCC3)n[nH]2)cn1. The third-order valence-corrected chi connectivity index (χ3v) is 3.28. The summed E-state index contributed by atoms with van der Waals surface area (Å²) in [6.45, 7) is 5.96. The zero-order valence-corrected chi connectivity index (χ0v) is 11.1. The Labute approximate surface area is 112 Å². The van der Waals surface area contributed by atoms with E-state index in [4.69, 9.17) is 0 Å². The minimum atomic E-state index is 0.777. The number of nitrogens with zero attached hydrogens (tertiary/aromatic N) is 4. The van der Waals surface area contributed by atoms with Crippen LogP contribution in [0.5, 0.6) is 0 Å². The fourth-order valence-corrected chi connectivity index (χ4v) is 2.18. The number of hydrogen-bond donors (Lipinski definition) is 2. The van der Waals surface area contributed by atoms with Gasteiger partial charge in [0.15, 0.2) is 5.82 Å². The van der Waals surface area contributed by atoms with Gasteiger partial charge in [0.25, 0.3) is 0 Å². The zero-order chi connectivity index (χ0) is 13.1. The van der Waals surface area contributed by atoms with Crippen LogP contribution in [0.4, 0.5) is 5.95 Å². The molecule has 0 radical (unpaired) electrons. The molecule has 0 atom stereocenters. The molecule has 0 aromatic carbocycles. The van der Waals surface area contributed by atoms with Gasteiger partial charge in [-0.1, -0.05) is 0 Å². The van der Waals surface area contributed by atoms with E-state index in [-0.39, 0.29) is 0 Å². The molecule has 2 N–H and O–H groups in total. The molecule has 6 heteroatoms. The van der Waals surface area contributed by atoms with Crippen molar-refractivity contribution in [3.05, 3.63) is 24.0 Å². The summed E-state index contributed by atoms with van der Waals surface area (Å²) in [5.74, 6) is 1.55. The van der Waals surface area contributed by atoms with Gasteiger partial charge in [-0.15, -0.1) is 5.10 Å². The molecule has 0 spiro atoms. The summed E-state index contributed by atoms with van der Waals surface area (Å²) in [4.78, 5) is 11.1. The average molecular weight is 258 g/mol. The van der Waals surface area contributed by atoms with Crippen molar-refractivity contribution in [3.63, 3.8) is 0 Å². The summed E-state index contributed by atoms with van der Waals surface area (Å²) in [6.07, 6.45) is 2.94. The fourth-order valence-electron chi connectivity index (χ4n) is 2.18. The maximum Gasteiger partial charge on any atom is 0.245 e. The normalized spacial score (nSPS) is 16.4. The van der Waals surface area contributed by atoms with Crippen molar-refractivity contribution in [2.45, 2.75) is 13.3 Å². The fraction of sp³-hybridized carbons (Fsp3) is 0.462. The highest BCUT2D eigenvalue weighted by Crippen LogP contribution is 2.17. The molecule has 1 fully saturated rings. The Morgan fingerprint density at radius 2 is 2.16 bits per heavy atom. The molecule has 3 rings (SSSR count). The third-order valence-electron chi connectivity index (χ3n) is 3.28. The maximum absolute atomic E-state index is 4.57. The van der Waals surface area contributed by atoms with Gasteiger partial charge < -0.3 is 10.2 Å². The molecule has 2 aromatic rings. The monoisotopic (exact) mass is 258 g/mol. The van der Waals surface area contributed by atoms with Crippen LogP contribution in [-0.2, 0) is 0 Å². The Kier molecular flexibility index (Phi) is 3.41. The van der Waals surface area contributed by atoms with E-state index in [1.54, 1.807) is 0 Å². The van der Waals surface area contributed by atoms with Crippen LogP contribution >= 0.6 is 0 Å². The van der Waals surface area contributed by atoms with Crippen molar-refractivity contribution in [1.82, 2.24) is 25.5 Å². The second kappa shape index (κ2) is 5.36. The lowest BCUT2D eigenvalue weighted by molar-refractivity contribution is 0.724. The largest absolute Gasteiger partial charge is 0.338 e. The zero-order valence-electron chi connectivity index (χ0n) is 11.1. The number of nitrogens with one attached hydrogen (secondary N) is 2. The van der Waals surface area contributed by atoms with Crippen LogP contribution in [0.25, 0.3) is 11.4 Å². The van der Waals surface area contributed by atoms with Gasteiger partial charge in [0.05, 0.1) is 0 Å². The van der Waals surface area contributed by atoms with E-state index in [0.29, 0.717) is 0 Å². The van der Waals surface area contributed by atoms with Crippen LogP contribution in [0.1, 0.15) is 12.1 Å². The Bertz CT molecular complexity index is 524. The van der Waals surface area contributed by atoms with Gasteiger partial charge in [-0.25, -0.2) is 0 Å².